The van der Waals surface area contributed by atoms with Gasteiger partial charge in [0.1, 0.15) is 12.2 Å². The number of methoxy groups -OCH3 is 1. The predicted molar refractivity (Wildman–Crippen MR) is 106 cm³/mol. The number of aliphatic hydroxyl groups excluding tert-OH is 2. The van der Waals surface area contributed by atoms with Gasteiger partial charge in [0.05, 0.1) is 19.1 Å². The van der Waals surface area contributed by atoms with Crippen LogP contribution in [0.4, 0.5) is 0 Å². The zero-order chi connectivity index (χ0) is 22.1. The van der Waals surface area contributed by atoms with Crippen LogP contribution in [0, 0.1) is 34.5 Å². The van der Waals surface area contributed by atoms with Crippen molar-refractivity contribution in [3.63, 3.8) is 0 Å². The number of esters is 1. The quantitative estimate of drug-likeness (QED) is 0.584. The summed E-state index contributed by atoms with van der Waals surface area (Å²) in [5, 5.41) is 32.5. The van der Waals surface area contributed by atoms with Crippen molar-refractivity contribution in [3.8, 4) is 0 Å². The Morgan fingerprint density at radius 3 is 2.63 bits per heavy atom. The first-order chi connectivity index (χ1) is 14.0. The molecule has 0 saturated heterocycles. The zero-order valence-corrected chi connectivity index (χ0v) is 17.6. The molecule has 0 bridgehead atoms. The Morgan fingerprint density at radius 1 is 1.30 bits per heavy atom. The summed E-state index contributed by atoms with van der Waals surface area (Å²) in [6.07, 6.45) is 6.02. The van der Waals surface area contributed by atoms with Crippen molar-refractivity contribution < 1.29 is 34.4 Å². The molecule has 8 atom stereocenters. The fourth-order valence-corrected chi connectivity index (χ4v) is 7.41. The summed E-state index contributed by atoms with van der Waals surface area (Å²) in [5.41, 5.74) is -2.65. The van der Waals surface area contributed by atoms with Crippen LogP contribution in [-0.4, -0.2) is 58.3 Å². The first kappa shape index (κ1) is 21.4. The number of ether oxygens (including phenoxy) is 1. The van der Waals surface area contributed by atoms with Crippen LogP contribution in [0.2, 0.25) is 0 Å². The Bertz CT molecular complexity index is 860. The number of fused-ring (bicyclic) bond motifs is 5. The number of aliphatic hydroxyl groups is 3. The molecule has 4 aliphatic rings. The molecule has 7 nitrogen and oxygen atoms in total. The Balaban J connectivity index is 1.81. The van der Waals surface area contributed by atoms with E-state index in [-0.39, 0.29) is 36.4 Å². The van der Waals surface area contributed by atoms with Crippen LogP contribution >= 0.6 is 0 Å². The third kappa shape index (κ3) is 2.52. The lowest BCUT2D eigenvalue weighted by molar-refractivity contribution is -0.190. The molecule has 3 N–H and O–H groups in total. The van der Waals surface area contributed by atoms with Gasteiger partial charge < -0.3 is 20.1 Å². The van der Waals surface area contributed by atoms with E-state index in [2.05, 4.69) is 0 Å². The Hall–Kier alpha value is -1.83. The largest absolute Gasteiger partial charge is 0.469 e. The van der Waals surface area contributed by atoms with E-state index in [4.69, 9.17) is 4.74 Å². The zero-order valence-electron chi connectivity index (χ0n) is 17.6. The standard InChI is InChI=1S/C23H30O7/c1-21-7-6-13(25)8-12(21)4-5-14-15-9-16(20(28)30-3)23(29,18(27)11-24)22(15,2)10-17(26)19(14)21/h6-8,14-17,19,24,26,29H,4-5,9-11H2,1-3H3/t14-,15-,16-,17-,19+,21-,22-,23-/m0/s1. The molecule has 0 aliphatic heterocycles. The van der Waals surface area contributed by atoms with Gasteiger partial charge in [-0.25, -0.2) is 0 Å². The SMILES string of the molecule is COC(=O)[C@@H]1C[C@H]2[C@@H]3CCC4=CC(=O)C=C[C@]4(C)[C@H]3[C@@H](O)C[C@]2(C)[C@@]1(O)C(=O)CO. The highest BCUT2D eigenvalue weighted by Gasteiger charge is 2.72. The molecule has 0 amide bonds. The molecule has 0 spiro atoms. The van der Waals surface area contributed by atoms with Crippen molar-refractivity contribution >= 4 is 17.5 Å². The topological polar surface area (TPSA) is 121 Å². The minimum atomic E-state index is -2.10. The van der Waals surface area contributed by atoms with E-state index in [0.29, 0.717) is 12.8 Å². The highest BCUT2D eigenvalue weighted by atomic mass is 16.5. The average Bonchev–Trinajstić information content (AvgIpc) is 2.95. The summed E-state index contributed by atoms with van der Waals surface area (Å²) in [6.45, 7) is 2.90. The minimum absolute atomic E-state index is 0.0496. The number of Topliss-reactive ketones (excluding diaryl/α,β-unsaturated/α-hetero) is 1. The molecule has 164 valence electrons. The molecule has 0 radical (unpaired) electrons. The van der Waals surface area contributed by atoms with E-state index in [1.807, 2.05) is 13.0 Å². The summed E-state index contributed by atoms with van der Waals surface area (Å²) in [5.74, 6) is -3.07. The van der Waals surface area contributed by atoms with Crippen molar-refractivity contribution in [1.29, 1.82) is 0 Å². The predicted octanol–water partition coefficient (Wildman–Crippen LogP) is 0.957. The van der Waals surface area contributed by atoms with Crippen LogP contribution in [0.5, 0.6) is 0 Å². The number of hydrogen-bond donors (Lipinski definition) is 3. The van der Waals surface area contributed by atoms with Gasteiger partial charge in [-0.3, -0.25) is 14.4 Å². The third-order valence-corrected chi connectivity index (χ3v) is 8.80. The van der Waals surface area contributed by atoms with Gasteiger partial charge in [-0.15, -0.1) is 0 Å². The second-order valence-electron chi connectivity index (χ2n) is 9.87. The molecule has 0 aromatic heterocycles. The maximum absolute atomic E-state index is 12.8. The summed E-state index contributed by atoms with van der Waals surface area (Å²) in [4.78, 5) is 37.2. The molecule has 0 aromatic rings. The van der Waals surface area contributed by atoms with Gasteiger partial charge in [-0.05, 0) is 49.7 Å². The van der Waals surface area contributed by atoms with Crippen molar-refractivity contribution in [2.75, 3.05) is 13.7 Å². The van der Waals surface area contributed by atoms with E-state index in [1.165, 1.54) is 7.11 Å². The van der Waals surface area contributed by atoms with Gasteiger partial charge in [-0.2, -0.15) is 0 Å². The average molecular weight is 418 g/mol. The molecule has 0 heterocycles. The number of hydrogen-bond acceptors (Lipinski definition) is 7. The summed E-state index contributed by atoms with van der Waals surface area (Å²) < 4.78 is 4.90. The summed E-state index contributed by atoms with van der Waals surface area (Å²) in [7, 11) is 1.22. The lowest BCUT2D eigenvalue weighted by Crippen LogP contribution is -2.63. The van der Waals surface area contributed by atoms with Crippen LogP contribution in [0.25, 0.3) is 0 Å². The maximum atomic E-state index is 12.8. The molecular formula is C23H30O7. The number of ketones is 2. The molecule has 7 heteroatoms. The van der Waals surface area contributed by atoms with Crippen molar-refractivity contribution in [2.24, 2.45) is 34.5 Å². The Morgan fingerprint density at radius 2 is 2.00 bits per heavy atom. The fourth-order valence-electron chi connectivity index (χ4n) is 7.41. The van der Waals surface area contributed by atoms with Gasteiger partial charge >= 0.3 is 5.97 Å². The van der Waals surface area contributed by atoms with Gasteiger partial charge in [-0.1, -0.05) is 25.5 Å². The molecule has 4 rings (SSSR count). The Labute approximate surface area is 175 Å². The molecule has 0 aromatic carbocycles. The molecular weight excluding hydrogens is 388 g/mol. The van der Waals surface area contributed by atoms with E-state index in [9.17, 15) is 29.7 Å². The van der Waals surface area contributed by atoms with Crippen LogP contribution in [-0.2, 0) is 19.1 Å². The minimum Gasteiger partial charge on any atom is -0.469 e. The normalized spacial score (nSPS) is 47.1. The van der Waals surface area contributed by atoms with Crippen molar-refractivity contribution in [2.45, 2.75) is 51.2 Å². The molecule has 4 aliphatic carbocycles. The first-order valence-electron chi connectivity index (χ1n) is 10.6. The smallest absolute Gasteiger partial charge is 0.312 e. The second-order valence-corrected chi connectivity index (χ2v) is 9.87. The number of rotatable bonds is 3. The van der Waals surface area contributed by atoms with Crippen molar-refractivity contribution in [3.05, 3.63) is 23.8 Å². The van der Waals surface area contributed by atoms with Crippen LogP contribution < -0.4 is 0 Å². The first-order valence-corrected chi connectivity index (χ1v) is 10.6. The lowest BCUT2D eigenvalue weighted by atomic mass is 9.46. The number of carbonyl (C=O) groups excluding carboxylic acids is 3. The fraction of sp³-hybridized carbons (Fsp3) is 0.696. The molecule has 3 fully saturated rings. The van der Waals surface area contributed by atoms with Crippen LogP contribution in [0.15, 0.2) is 23.8 Å². The van der Waals surface area contributed by atoms with E-state index in [0.717, 1.165) is 5.57 Å². The van der Waals surface area contributed by atoms with Gasteiger partial charge in [0, 0.05) is 16.7 Å². The highest BCUT2D eigenvalue weighted by molar-refractivity contribution is 6.01. The number of carbonyl (C=O) groups is 3. The number of allylic oxidation sites excluding steroid dienone is 4. The summed E-state index contributed by atoms with van der Waals surface area (Å²) in [6, 6.07) is 0. The van der Waals surface area contributed by atoms with Crippen LogP contribution in [0.1, 0.15) is 39.5 Å². The van der Waals surface area contributed by atoms with Gasteiger partial charge in [0.15, 0.2) is 11.6 Å². The van der Waals surface area contributed by atoms with E-state index >= 15 is 0 Å². The van der Waals surface area contributed by atoms with Crippen molar-refractivity contribution in [1.82, 2.24) is 0 Å². The maximum Gasteiger partial charge on any atom is 0.312 e. The molecule has 3 saturated carbocycles. The summed E-state index contributed by atoms with van der Waals surface area (Å²) >= 11 is 0. The van der Waals surface area contributed by atoms with E-state index < -0.39 is 46.8 Å². The molecule has 0 unspecified atom stereocenters. The van der Waals surface area contributed by atoms with E-state index in [1.54, 1.807) is 19.1 Å². The van der Waals surface area contributed by atoms with Gasteiger partial charge in [0.2, 0.25) is 0 Å². The Kier molecular flexibility index (Phi) is 4.88. The monoisotopic (exact) mass is 418 g/mol. The molecule has 30 heavy (non-hydrogen) atoms. The van der Waals surface area contributed by atoms with Gasteiger partial charge in [0.25, 0.3) is 0 Å². The second kappa shape index (κ2) is 6.84. The third-order valence-electron chi connectivity index (χ3n) is 8.80. The lowest BCUT2D eigenvalue weighted by Gasteiger charge is -2.59. The highest BCUT2D eigenvalue weighted by Crippen LogP contribution is 2.68. The van der Waals surface area contributed by atoms with Crippen LogP contribution in [0.3, 0.4) is 0 Å².